The lowest BCUT2D eigenvalue weighted by molar-refractivity contribution is 0.149. The molecular weight excluding hydrogens is 184 g/mol. The molecule has 2 aliphatic rings. The van der Waals surface area contributed by atoms with Gasteiger partial charge in [0.2, 0.25) is 0 Å². The predicted octanol–water partition coefficient (Wildman–Crippen LogP) is 4.16. The summed E-state index contributed by atoms with van der Waals surface area (Å²) in [5, 5.41) is 0. The molecule has 0 bridgehead atoms. The molecule has 2 fully saturated rings. The van der Waals surface area contributed by atoms with E-state index in [4.69, 9.17) is 4.74 Å². The summed E-state index contributed by atoms with van der Waals surface area (Å²) < 4.78 is 5.94. The summed E-state index contributed by atoms with van der Waals surface area (Å²) in [7, 11) is 0. The lowest BCUT2D eigenvalue weighted by atomic mass is 9.70. The van der Waals surface area contributed by atoms with E-state index in [1.807, 2.05) is 0 Å². The maximum atomic E-state index is 5.94. The fourth-order valence-corrected chi connectivity index (χ4v) is 3.61. The quantitative estimate of drug-likeness (QED) is 0.621. The van der Waals surface area contributed by atoms with Gasteiger partial charge >= 0.3 is 0 Å². The van der Waals surface area contributed by atoms with Crippen molar-refractivity contribution >= 4 is 0 Å². The standard InChI is InChI=1S/C14H26O/c1-4-6-8-11(5-2)12-9-7-10-13-14(12,3)15-13/h11-13H,4-10H2,1-3H3. The highest BCUT2D eigenvalue weighted by molar-refractivity contribution is 5.07. The molecule has 2 rings (SSSR count). The largest absolute Gasteiger partial charge is 0.366 e. The highest BCUT2D eigenvalue weighted by atomic mass is 16.6. The number of unbranched alkanes of at least 4 members (excludes halogenated alkanes) is 1. The van der Waals surface area contributed by atoms with Crippen molar-refractivity contribution in [3.8, 4) is 0 Å². The highest BCUT2D eigenvalue weighted by Gasteiger charge is 2.59. The van der Waals surface area contributed by atoms with Crippen molar-refractivity contribution < 1.29 is 4.74 Å². The average molecular weight is 210 g/mol. The lowest BCUT2D eigenvalue weighted by Gasteiger charge is -2.32. The zero-order valence-corrected chi connectivity index (χ0v) is 10.6. The van der Waals surface area contributed by atoms with Crippen molar-refractivity contribution in [2.24, 2.45) is 11.8 Å². The Bertz CT molecular complexity index is 213. The molecule has 0 aromatic heterocycles. The van der Waals surface area contributed by atoms with Crippen LogP contribution in [-0.2, 0) is 4.74 Å². The van der Waals surface area contributed by atoms with Crippen LogP contribution >= 0.6 is 0 Å². The van der Waals surface area contributed by atoms with Gasteiger partial charge in [0.15, 0.2) is 0 Å². The van der Waals surface area contributed by atoms with E-state index < -0.39 is 0 Å². The van der Waals surface area contributed by atoms with Crippen LogP contribution < -0.4 is 0 Å². The van der Waals surface area contributed by atoms with Gasteiger partial charge in [0.25, 0.3) is 0 Å². The van der Waals surface area contributed by atoms with E-state index in [2.05, 4.69) is 20.8 Å². The third kappa shape index (κ3) is 2.08. The van der Waals surface area contributed by atoms with Crippen molar-refractivity contribution in [2.75, 3.05) is 0 Å². The third-order valence-electron chi connectivity index (χ3n) is 4.72. The topological polar surface area (TPSA) is 12.5 Å². The summed E-state index contributed by atoms with van der Waals surface area (Å²) in [5.41, 5.74) is 0.284. The Kier molecular flexibility index (Phi) is 3.39. The van der Waals surface area contributed by atoms with Crippen LogP contribution in [0.5, 0.6) is 0 Å². The van der Waals surface area contributed by atoms with Crippen LogP contribution in [0.25, 0.3) is 0 Å². The zero-order valence-electron chi connectivity index (χ0n) is 10.6. The first-order valence-electron chi connectivity index (χ1n) is 6.90. The molecule has 88 valence electrons. The number of epoxide rings is 1. The van der Waals surface area contributed by atoms with E-state index in [1.54, 1.807) is 0 Å². The summed E-state index contributed by atoms with van der Waals surface area (Å²) in [6.07, 6.45) is 10.2. The Balaban J connectivity index is 1.94. The van der Waals surface area contributed by atoms with E-state index in [-0.39, 0.29) is 5.60 Å². The molecular formula is C14H26O. The molecule has 0 aromatic rings. The van der Waals surface area contributed by atoms with Crippen LogP contribution in [0.1, 0.15) is 65.7 Å². The minimum absolute atomic E-state index is 0.284. The maximum Gasteiger partial charge on any atom is 0.0951 e. The summed E-state index contributed by atoms with van der Waals surface area (Å²) >= 11 is 0. The van der Waals surface area contributed by atoms with E-state index in [1.165, 1.54) is 44.9 Å². The highest BCUT2D eigenvalue weighted by Crippen LogP contribution is 2.54. The number of hydrogen-bond donors (Lipinski definition) is 0. The van der Waals surface area contributed by atoms with Crippen molar-refractivity contribution in [2.45, 2.75) is 77.4 Å². The first-order chi connectivity index (χ1) is 7.22. The van der Waals surface area contributed by atoms with Crippen LogP contribution in [0.2, 0.25) is 0 Å². The van der Waals surface area contributed by atoms with Crippen molar-refractivity contribution in [1.29, 1.82) is 0 Å². The van der Waals surface area contributed by atoms with Gasteiger partial charge in [0.05, 0.1) is 11.7 Å². The zero-order chi connectivity index (χ0) is 10.9. The van der Waals surface area contributed by atoms with Crippen LogP contribution in [0.3, 0.4) is 0 Å². The molecule has 4 atom stereocenters. The number of fused-ring (bicyclic) bond motifs is 1. The van der Waals surface area contributed by atoms with Gasteiger partial charge in [0.1, 0.15) is 0 Å². The summed E-state index contributed by atoms with van der Waals surface area (Å²) in [5.74, 6) is 1.77. The van der Waals surface area contributed by atoms with Crippen molar-refractivity contribution in [3.63, 3.8) is 0 Å². The monoisotopic (exact) mass is 210 g/mol. The van der Waals surface area contributed by atoms with Gasteiger partial charge in [-0.15, -0.1) is 0 Å². The number of hydrogen-bond acceptors (Lipinski definition) is 1. The molecule has 15 heavy (non-hydrogen) atoms. The van der Waals surface area contributed by atoms with Gasteiger partial charge in [-0.1, -0.05) is 46.0 Å². The molecule has 0 radical (unpaired) electrons. The Morgan fingerprint density at radius 3 is 2.80 bits per heavy atom. The maximum absolute atomic E-state index is 5.94. The molecule has 1 heterocycles. The predicted molar refractivity (Wildman–Crippen MR) is 63.9 cm³/mol. The molecule has 1 saturated heterocycles. The van der Waals surface area contributed by atoms with E-state index in [0.29, 0.717) is 6.10 Å². The smallest absolute Gasteiger partial charge is 0.0951 e. The lowest BCUT2D eigenvalue weighted by Crippen LogP contribution is -2.33. The second-order valence-electron chi connectivity index (χ2n) is 5.64. The first-order valence-corrected chi connectivity index (χ1v) is 6.90. The summed E-state index contributed by atoms with van der Waals surface area (Å²) in [6.45, 7) is 7.01. The van der Waals surface area contributed by atoms with Crippen LogP contribution in [0.15, 0.2) is 0 Å². The third-order valence-corrected chi connectivity index (χ3v) is 4.72. The van der Waals surface area contributed by atoms with Gasteiger partial charge in [-0.05, 0) is 31.6 Å². The van der Waals surface area contributed by atoms with Gasteiger partial charge < -0.3 is 4.74 Å². The molecule has 1 aliphatic heterocycles. The fraction of sp³-hybridized carbons (Fsp3) is 1.00. The normalized spacial score (nSPS) is 41.0. The summed E-state index contributed by atoms with van der Waals surface area (Å²) in [4.78, 5) is 0. The van der Waals surface area contributed by atoms with E-state index in [0.717, 1.165) is 11.8 Å². The van der Waals surface area contributed by atoms with Gasteiger partial charge in [0, 0.05) is 0 Å². The number of rotatable bonds is 5. The van der Waals surface area contributed by atoms with E-state index in [9.17, 15) is 0 Å². The Morgan fingerprint density at radius 1 is 1.33 bits per heavy atom. The molecule has 1 saturated carbocycles. The van der Waals surface area contributed by atoms with Crippen LogP contribution in [0, 0.1) is 11.8 Å². The molecule has 0 spiro atoms. The molecule has 0 N–H and O–H groups in total. The minimum Gasteiger partial charge on any atom is -0.366 e. The van der Waals surface area contributed by atoms with Gasteiger partial charge in [-0.25, -0.2) is 0 Å². The van der Waals surface area contributed by atoms with Crippen molar-refractivity contribution in [3.05, 3.63) is 0 Å². The molecule has 1 heteroatoms. The van der Waals surface area contributed by atoms with Crippen molar-refractivity contribution in [1.82, 2.24) is 0 Å². The molecule has 1 nitrogen and oxygen atoms in total. The van der Waals surface area contributed by atoms with Gasteiger partial charge in [-0.2, -0.15) is 0 Å². The molecule has 0 amide bonds. The summed E-state index contributed by atoms with van der Waals surface area (Å²) in [6, 6.07) is 0. The molecule has 4 unspecified atom stereocenters. The molecule has 0 aromatic carbocycles. The van der Waals surface area contributed by atoms with Crippen LogP contribution in [-0.4, -0.2) is 11.7 Å². The Morgan fingerprint density at radius 2 is 2.13 bits per heavy atom. The first kappa shape index (κ1) is 11.4. The second kappa shape index (κ2) is 4.45. The Hall–Kier alpha value is -0.0400. The van der Waals surface area contributed by atoms with Gasteiger partial charge in [-0.3, -0.25) is 0 Å². The SMILES string of the molecule is CCCCC(CC)C1CCCC2OC21C. The molecule has 1 aliphatic carbocycles. The minimum atomic E-state index is 0.284. The second-order valence-corrected chi connectivity index (χ2v) is 5.64. The Labute approximate surface area is 94.6 Å². The average Bonchev–Trinajstić information content (AvgIpc) is 2.91. The van der Waals surface area contributed by atoms with Crippen LogP contribution in [0.4, 0.5) is 0 Å². The number of ether oxygens (including phenoxy) is 1. The fourth-order valence-electron chi connectivity index (χ4n) is 3.61. The van der Waals surface area contributed by atoms with E-state index >= 15 is 0 Å².